The first kappa shape index (κ1) is 14.6. The SMILES string of the molecule is Cc1cc(Cl)cc(C(O)c2c(Br)cnn2C(C)C)c1. The van der Waals surface area contributed by atoms with Crippen molar-refractivity contribution in [2.45, 2.75) is 32.9 Å². The maximum Gasteiger partial charge on any atom is 0.122 e. The van der Waals surface area contributed by atoms with Crippen LogP contribution in [0.4, 0.5) is 0 Å². The van der Waals surface area contributed by atoms with Crippen molar-refractivity contribution in [2.75, 3.05) is 0 Å². The fraction of sp³-hybridized carbons (Fsp3) is 0.357. The minimum absolute atomic E-state index is 0.177. The molecular formula is C14H16BrClN2O. The molecule has 1 aromatic heterocycles. The number of benzene rings is 1. The predicted octanol–water partition coefficient (Wildman–Crippen LogP) is 4.27. The molecule has 0 radical (unpaired) electrons. The normalized spacial score (nSPS) is 13.0. The van der Waals surface area contributed by atoms with Gasteiger partial charge in [-0.25, -0.2) is 0 Å². The van der Waals surface area contributed by atoms with E-state index < -0.39 is 6.10 Å². The van der Waals surface area contributed by atoms with Gasteiger partial charge in [-0.15, -0.1) is 0 Å². The zero-order chi connectivity index (χ0) is 14.2. The minimum Gasteiger partial charge on any atom is -0.382 e. The lowest BCUT2D eigenvalue weighted by Crippen LogP contribution is -2.12. The van der Waals surface area contributed by atoms with E-state index in [9.17, 15) is 5.11 Å². The molecule has 1 heterocycles. The van der Waals surface area contributed by atoms with Crippen molar-refractivity contribution in [3.8, 4) is 0 Å². The van der Waals surface area contributed by atoms with E-state index in [1.54, 1.807) is 12.3 Å². The van der Waals surface area contributed by atoms with Gasteiger partial charge in [0.1, 0.15) is 6.10 Å². The summed E-state index contributed by atoms with van der Waals surface area (Å²) in [6.45, 7) is 6.01. The van der Waals surface area contributed by atoms with Crippen LogP contribution in [0.25, 0.3) is 0 Å². The van der Waals surface area contributed by atoms with Crippen LogP contribution >= 0.6 is 27.5 Å². The Morgan fingerprint density at radius 2 is 2.00 bits per heavy atom. The molecule has 0 amide bonds. The summed E-state index contributed by atoms with van der Waals surface area (Å²) >= 11 is 9.50. The van der Waals surface area contributed by atoms with E-state index in [2.05, 4.69) is 21.0 Å². The smallest absolute Gasteiger partial charge is 0.122 e. The van der Waals surface area contributed by atoms with Crippen LogP contribution in [0.1, 0.15) is 42.8 Å². The second kappa shape index (κ2) is 5.65. The zero-order valence-corrected chi connectivity index (χ0v) is 13.4. The third kappa shape index (κ3) is 3.02. The molecule has 0 bridgehead atoms. The van der Waals surface area contributed by atoms with Crippen molar-refractivity contribution in [3.63, 3.8) is 0 Å². The maximum absolute atomic E-state index is 10.6. The Labute approximate surface area is 126 Å². The number of rotatable bonds is 3. The van der Waals surface area contributed by atoms with E-state index in [0.29, 0.717) is 5.02 Å². The van der Waals surface area contributed by atoms with Crippen LogP contribution in [-0.4, -0.2) is 14.9 Å². The predicted molar refractivity (Wildman–Crippen MR) is 80.6 cm³/mol. The maximum atomic E-state index is 10.6. The number of hydrogen-bond donors (Lipinski definition) is 1. The Kier molecular flexibility index (Phi) is 4.33. The van der Waals surface area contributed by atoms with Crippen LogP contribution in [0, 0.1) is 6.92 Å². The average Bonchev–Trinajstić information content (AvgIpc) is 2.69. The lowest BCUT2D eigenvalue weighted by molar-refractivity contribution is 0.204. The first-order chi connectivity index (χ1) is 8.90. The van der Waals surface area contributed by atoms with Crippen molar-refractivity contribution >= 4 is 27.5 Å². The van der Waals surface area contributed by atoms with Gasteiger partial charge < -0.3 is 5.11 Å². The van der Waals surface area contributed by atoms with Crippen LogP contribution in [-0.2, 0) is 0 Å². The molecule has 0 saturated heterocycles. The number of hydrogen-bond acceptors (Lipinski definition) is 2. The third-order valence-corrected chi connectivity index (χ3v) is 3.74. The molecule has 0 aliphatic carbocycles. The molecule has 0 spiro atoms. The van der Waals surface area contributed by atoms with Crippen LogP contribution in [0.15, 0.2) is 28.9 Å². The molecule has 1 atom stereocenters. The molecule has 0 saturated carbocycles. The Hall–Kier alpha value is -0.840. The van der Waals surface area contributed by atoms with Crippen molar-refractivity contribution in [3.05, 3.63) is 50.7 Å². The first-order valence-corrected chi connectivity index (χ1v) is 7.25. The molecule has 2 rings (SSSR count). The van der Waals surface area contributed by atoms with Gasteiger partial charge >= 0.3 is 0 Å². The molecule has 19 heavy (non-hydrogen) atoms. The highest BCUT2D eigenvalue weighted by atomic mass is 79.9. The summed E-state index contributed by atoms with van der Waals surface area (Å²) in [7, 11) is 0. The minimum atomic E-state index is -0.753. The van der Waals surface area contributed by atoms with Gasteiger partial charge in [0.2, 0.25) is 0 Å². The quantitative estimate of drug-likeness (QED) is 0.903. The number of aliphatic hydroxyl groups is 1. The highest BCUT2D eigenvalue weighted by Gasteiger charge is 2.21. The van der Waals surface area contributed by atoms with Gasteiger partial charge in [-0.2, -0.15) is 5.10 Å². The fourth-order valence-electron chi connectivity index (χ4n) is 2.10. The number of aryl methyl sites for hydroxylation is 1. The monoisotopic (exact) mass is 342 g/mol. The highest BCUT2D eigenvalue weighted by molar-refractivity contribution is 9.10. The second-order valence-electron chi connectivity index (χ2n) is 4.88. The van der Waals surface area contributed by atoms with E-state index in [-0.39, 0.29) is 6.04 Å². The number of halogens is 2. The molecule has 1 unspecified atom stereocenters. The average molecular weight is 344 g/mol. The summed E-state index contributed by atoms with van der Waals surface area (Å²) in [5.41, 5.74) is 2.54. The molecule has 0 fully saturated rings. The van der Waals surface area contributed by atoms with Gasteiger partial charge in [0.25, 0.3) is 0 Å². The van der Waals surface area contributed by atoms with Gasteiger partial charge in [0, 0.05) is 11.1 Å². The second-order valence-corrected chi connectivity index (χ2v) is 6.17. The van der Waals surface area contributed by atoms with Gasteiger partial charge in [0.15, 0.2) is 0 Å². The fourth-order valence-corrected chi connectivity index (χ4v) is 2.89. The summed E-state index contributed by atoms with van der Waals surface area (Å²) in [5, 5.41) is 15.5. The van der Waals surface area contributed by atoms with Gasteiger partial charge in [-0.1, -0.05) is 17.7 Å². The third-order valence-electron chi connectivity index (χ3n) is 2.92. The van der Waals surface area contributed by atoms with E-state index >= 15 is 0 Å². The zero-order valence-electron chi connectivity index (χ0n) is 11.1. The summed E-state index contributed by atoms with van der Waals surface area (Å²) in [4.78, 5) is 0. The van der Waals surface area contributed by atoms with Gasteiger partial charge in [-0.3, -0.25) is 4.68 Å². The Balaban J connectivity index is 2.49. The van der Waals surface area contributed by atoms with Crippen molar-refractivity contribution in [2.24, 2.45) is 0 Å². The topological polar surface area (TPSA) is 38.1 Å². The van der Waals surface area contributed by atoms with Gasteiger partial charge in [0.05, 0.1) is 16.4 Å². The van der Waals surface area contributed by atoms with Crippen LogP contribution in [0.2, 0.25) is 5.02 Å². The molecular weight excluding hydrogens is 328 g/mol. The lowest BCUT2D eigenvalue weighted by Gasteiger charge is -2.17. The van der Waals surface area contributed by atoms with E-state index in [1.165, 1.54) is 0 Å². The molecule has 1 aromatic carbocycles. The molecule has 3 nitrogen and oxygen atoms in total. The summed E-state index contributed by atoms with van der Waals surface area (Å²) in [5.74, 6) is 0. The Bertz CT molecular complexity index is 575. The largest absolute Gasteiger partial charge is 0.382 e. The standard InChI is InChI=1S/C14H16BrClN2O/c1-8(2)18-13(12(15)7-17-18)14(19)10-4-9(3)5-11(16)6-10/h4-8,14,19H,1-3H3. The van der Waals surface area contributed by atoms with E-state index in [4.69, 9.17) is 11.6 Å². The van der Waals surface area contributed by atoms with Crippen molar-refractivity contribution in [1.82, 2.24) is 9.78 Å². The molecule has 0 aliphatic rings. The Morgan fingerprint density at radius 3 is 2.58 bits per heavy atom. The van der Waals surface area contributed by atoms with Gasteiger partial charge in [-0.05, 0) is 60.0 Å². The summed E-state index contributed by atoms with van der Waals surface area (Å²) < 4.78 is 2.61. The molecule has 0 aliphatic heterocycles. The van der Waals surface area contributed by atoms with Crippen LogP contribution in [0.3, 0.4) is 0 Å². The molecule has 2 aromatic rings. The number of aliphatic hydroxyl groups excluding tert-OH is 1. The van der Waals surface area contributed by atoms with E-state index in [1.807, 2.05) is 37.6 Å². The molecule has 1 N–H and O–H groups in total. The summed E-state index contributed by atoms with van der Waals surface area (Å²) in [6.07, 6.45) is 0.951. The lowest BCUT2D eigenvalue weighted by atomic mass is 10.0. The first-order valence-electron chi connectivity index (χ1n) is 6.08. The van der Waals surface area contributed by atoms with Crippen molar-refractivity contribution < 1.29 is 5.11 Å². The van der Waals surface area contributed by atoms with Crippen LogP contribution in [0.5, 0.6) is 0 Å². The Morgan fingerprint density at radius 1 is 1.32 bits per heavy atom. The van der Waals surface area contributed by atoms with Crippen LogP contribution < -0.4 is 0 Å². The molecule has 5 heteroatoms. The highest BCUT2D eigenvalue weighted by Crippen LogP contribution is 2.31. The summed E-state index contributed by atoms with van der Waals surface area (Å²) in [6, 6.07) is 5.76. The van der Waals surface area contributed by atoms with Crippen molar-refractivity contribution in [1.29, 1.82) is 0 Å². The van der Waals surface area contributed by atoms with E-state index in [0.717, 1.165) is 21.3 Å². The molecule has 102 valence electrons. The number of nitrogens with zero attached hydrogens (tertiary/aromatic N) is 2. The number of aromatic nitrogens is 2.